The fourth-order valence-corrected chi connectivity index (χ4v) is 4.37. The lowest BCUT2D eigenvalue weighted by Crippen LogP contribution is -2.27. The van der Waals surface area contributed by atoms with Gasteiger partial charge in [0.15, 0.2) is 5.82 Å². The summed E-state index contributed by atoms with van der Waals surface area (Å²) in [6.45, 7) is 5.19. The summed E-state index contributed by atoms with van der Waals surface area (Å²) < 4.78 is 30.4. The van der Waals surface area contributed by atoms with Gasteiger partial charge < -0.3 is 10.4 Å². The molecule has 0 unspecified atom stereocenters. The summed E-state index contributed by atoms with van der Waals surface area (Å²) in [5.74, 6) is -2.18. The van der Waals surface area contributed by atoms with Crippen molar-refractivity contribution < 1.29 is 18.7 Å². The highest BCUT2D eigenvalue weighted by Gasteiger charge is 2.43. The van der Waals surface area contributed by atoms with E-state index in [4.69, 9.17) is 0 Å². The van der Waals surface area contributed by atoms with Gasteiger partial charge in [0.2, 0.25) is 5.91 Å². The summed E-state index contributed by atoms with van der Waals surface area (Å²) in [6, 6.07) is 5.85. The molecule has 1 fully saturated rings. The lowest BCUT2D eigenvalue weighted by atomic mass is 9.86. The third-order valence-corrected chi connectivity index (χ3v) is 6.74. The molecule has 0 bridgehead atoms. The number of aliphatic hydroxyl groups excluding tert-OH is 1. The Morgan fingerprint density at radius 2 is 1.92 bits per heavy atom. The van der Waals surface area contributed by atoms with Gasteiger partial charge in [-0.1, -0.05) is 20.8 Å². The minimum atomic E-state index is -1.24. The van der Waals surface area contributed by atoms with E-state index in [2.05, 4.69) is 20.5 Å². The Morgan fingerprint density at radius 3 is 2.56 bits per heavy atom. The zero-order valence-corrected chi connectivity index (χ0v) is 21.7. The standard InChI is InChI=1S/C27H26F2N6O4/c1-27(2,3)14-7-13-11-31-35(26(39)22(13)19(29)8-14)23-17(12-36)15(5-6-30-23)20-10-21(25(38)34(4)33-20)32-24(37)16-9-18(16)28/h5-8,10-11,16,18,36H,9,12H2,1-4H3,(H,32,37)/t16-,18+/m1/s1. The van der Waals surface area contributed by atoms with E-state index >= 15 is 4.39 Å². The van der Waals surface area contributed by atoms with E-state index in [0.717, 1.165) is 9.36 Å². The molecule has 1 aliphatic rings. The molecule has 3 heterocycles. The molecule has 202 valence electrons. The summed E-state index contributed by atoms with van der Waals surface area (Å²) in [6.07, 6.45) is 1.57. The lowest BCUT2D eigenvalue weighted by molar-refractivity contribution is -0.117. The molecule has 0 aliphatic heterocycles. The van der Waals surface area contributed by atoms with Crippen LogP contribution in [0.4, 0.5) is 14.5 Å². The van der Waals surface area contributed by atoms with Crippen LogP contribution in [0.1, 0.15) is 38.3 Å². The highest BCUT2D eigenvalue weighted by Crippen LogP contribution is 2.35. The molecule has 2 N–H and O–H groups in total. The number of aromatic nitrogens is 5. The monoisotopic (exact) mass is 536 g/mol. The third kappa shape index (κ3) is 4.71. The van der Waals surface area contributed by atoms with Gasteiger partial charge in [-0.05, 0) is 41.7 Å². The number of carbonyl (C=O) groups excluding carboxylic acids is 1. The van der Waals surface area contributed by atoms with Crippen LogP contribution in [-0.2, 0) is 23.9 Å². The van der Waals surface area contributed by atoms with Crippen LogP contribution in [0.15, 0.2) is 46.2 Å². The Balaban J connectivity index is 1.63. The summed E-state index contributed by atoms with van der Waals surface area (Å²) in [5.41, 5.74) is -0.550. The van der Waals surface area contributed by atoms with Gasteiger partial charge in [-0.15, -0.1) is 0 Å². The van der Waals surface area contributed by atoms with Crippen LogP contribution < -0.4 is 16.4 Å². The van der Waals surface area contributed by atoms with Crippen LogP contribution in [-0.4, -0.2) is 41.7 Å². The number of nitrogens with zero attached hydrogens (tertiary/aromatic N) is 5. The van der Waals surface area contributed by atoms with E-state index in [1.54, 1.807) is 6.07 Å². The Morgan fingerprint density at radius 1 is 1.21 bits per heavy atom. The zero-order chi connectivity index (χ0) is 28.2. The number of nitrogens with one attached hydrogen (secondary N) is 1. The first-order chi connectivity index (χ1) is 18.4. The maximum atomic E-state index is 15.2. The molecule has 4 aromatic rings. The van der Waals surface area contributed by atoms with Gasteiger partial charge in [-0.25, -0.2) is 18.4 Å². The molecule has 1 amide bonds. The average Bonchev–Trinajstić information content (AvgIpc) is 3.62. The van der Waals surface area contributed by atoms with E-state index in [-0.39, 0.29) is 40.0 Å². The van der Waals surface area contributed by atoms with Crippen molar-refractivity contribution in [3.8, 4) is 17.1 Å². The van der Waals surface area contributed by atoms with Crippen LogP contribution in [0, 0.1) is 11.7 Å². The van der Waals surface area contributed by atoms with Gasteiger partial charge in [0.1, 0.15) is 17.7 Å². The minimum absolute atomic E-state index is 0.0549. The van der Waals surface area contributed by atoms with Crippen LogP contribution >= 0.6 is 0 Å². The molecule has 1 aliphatic carbocycles. The van der Waals surface area contributed by atoms with Crippen molar-refractivity contribution in [2.45, 2.75) is 45.4 Å². The van der Waals surface area contributed by atoms with E-state index < -0.39 is 41.5 Å². The number of alkyl halides is 1. The third-order valence-electron chi connectivity index (χ3n) is 6.74. The van der Waals surface area contributed by atoms with Gasteiger partial charge in [-0.2, -0.15) is 14.9 Å². The fraction of sp³-hybridized carbons (Fsp3) is 0.333. The molecule has 1 aromatic carbocycles. The number of pyridine rings is 1. The zero-order valence-electron chi connectivity index (χ0n) is 21.7. The van der Waals surface area contributed by atoms with Crippen LogP contribution in [0.2, 0.25) is 0 Å². The first-order valence-corrected chi connectivity index (χ1v) is 12.3. The fourth-order valence-electron chi connectivity index (χ4n) is 4.37. The second-order valence-electron chi connectivity index (χ2n) is 10.6. The van der Waals surface area contributed by atoms with Gasteiger partial charge in [0.25, 0.3) is 11.1 Å². The Labute approximate surface area is 220 Å². The molecule has 3 aromatic heterocycles. The first kappa shape index (κ1) is 26.3. The number of anilines is 1. The molecular formula is C27H26F2N6O4. The SMILES string of the molecule is Cn1nc(-c2ccnc(-n3ncc4cc(C(C)(C)C)cc(F)c4c3=O)c2CO)cc(NC(=O)[C@@H]2C[C@@H]2F)c1=O. The van der Waals surface area contributed by atoms with Gasteiger partial charge in [-0.3, -0.25) is 14.4 Å². The number of carbonyl (C=O) groups is 1. The topological polar surface area (TPSA) is 132 Å². The first-order valence-electron chi connectivity index (χ1n) is 12.3. The van der Waals surface area contributed by atoms with E-state index in [9.17, 15) is 23.9 Å². The van der Waals surface area contributed by atoms with Crippen molar-refractivity contribution >= 4 is 22.4 Å². The van der Waals surface area contributed by atoms with Crippen LogP contribution in [0.3, 0.4) is 0 Å². The molecule has 2 atom stereocenters. The molecule has 0 saturated heterocycles. The number of aliphatic hydroxyl groups is 1. The predicted octanol–water partition coefficient (Wildman–Crippen LogP) is 2.77. The highest BCUT2D eigenvalue weighted by atomic mass is 19.1. The number of hydrogen-bond donors (Lipinski definition) is 2. The molecule has 1 saturated carbocycles. The van der Waals surface area contributed by atoms with Gasteiger partial charge in [0, 0.05) is 29.8 Å². The summed E-state index contributed by atoms with van der Waals surface area (Å²) in [7, 11) is 1.38. The molecule has 39 heavy (non-hydrogen) atoms. The number of fused-ring (bicyclic) bond motifs is 1. The largest absolute Gasteiger partial charge is 0.392 e. The van der Waals surface area contributed by atoms with E-state index in [0.29, 0.717) is 16.5 Å². The van der Waals surface area contributed by atoms with Crippen LogP contribution in [0.5, 0.6) is 0 Å². The van der Waals surface area contributed by atoms with Crippen molar-refractivity contribution in [1.82, 2.24) is 24.5 Å². The average molecular weight is 537 g/mol. The normalized spacial score (nSPS) is 16.9. The maximum absolute atomic E-state index is 15.2. The quantitative estimate of drug-likeness (QED) is 0.401. The van der Waals surface area contributed by atoms with Crippen molar-refractivity contribution in [3.05, 3.63) is 74.3 Å². The maximum Gasteiger partial charge on any atom is 0.290 e. The van der Waals surface area contributed by atoms with Gasteiger partial charge >= 0.3 is 0 Å². The predicted molar refractivity (Wildman–Crippen MR) is 140 cm³/mol. The highest BCUT2D eigenvalue weighted by molar-refractivity contribution is 5.95. The summed E-state index contributed by atoms with van der Waals surface area (Å²) >= 11 is 0. The Hall–Kier alpha value is -4.32. The molecule has 12 heteroatoms. The van der Waals surface area contributed by atoms with Crippen LogP contribution in [0.25, 0.3) is 27.8 Å². The van der Waals surface area contributed by atoms with Crippen molar-refractivity contribution in [2.24, 2.45) is 13.0 Å². The van der Waals surface area contributed by atoms with E-state index in [1.165, 1.54) is 37.6 Å². The van der Waals surface area contributed by atoms with Gasteiger partial charge in [0.05, 0.1) is 29.8 Å². The molecule has 0 spiro atoms. The molecular weight excluding hydrogens is 510 g/mol. The number of benzene rings is 1. The van der Waals surface area contributed by atoms with Crippen molar-refractivity contribution in [1.29, 1.82) is 0 Å². The molecule has 10 nitrogen and oxygen atoms in total. The summed E-state index contributed by atoms with van der Waals surface area (Å²) in [5, 5.41) is 21.3. The Bertz CT molecular complexity index is 1760. The minimum Gasteiger partial charge on any atom is -0.392 e. The second-order valence-corrected chi connectivity index (χ2v) is 10.6. The van der Waals surface area contributed by atoms with E-state index in [1.807, 2.05) is 20.8 Å². The lowest BCUT2D eigenvalue weighted by Gasteiger charge is -2.20. The smallest absolute Gasteiger partial charge is 0.290 e. The molecule has 5 rings (SSSR count). The number of halogens is 2. The summed E-state index contributed by atoms with van der Waals surface area (Å²) in [4.78, 5) is 42.5. The number of rotatable bonds is 5. The molecule has 0 radical (unpaired) electrons. The number of hydrogen-bond acceptors (Lipinski definition) is 7. The second kappa shape index (κ2) is 9.45. The number of aryl methyl sites for hydroxylation is 1. The Kier molecular flexibility index (Phi) is 6.37. The van der Waals surface area contributed by atoms with Crippen molar-refractivity contribution in [2.75, 3.05) is 5.32 Å². The number of amides is 1. The van der Waals surface area contributed by atoms with Crippen molar-refractivity contribution in [3.63, 3.8) is 0 Å².